The summed E-state index contributed by atoms with van der Waals surface area (Å²) in [6.07, 6.45) is 1.11. The van der Waals surface area contributed by atoms with Crippen LogP contribution in [0.4, 0.5) is 14.5 Å². The van der Waals surface area contributed by atoms with Gasteiger partial charge in [0.15, 0.2) is 9.84 Å². The lowest BCUT2D eigenvalue weighted by Gasteiger charge is -2.08. The predicted molar refractivity (Wildman–Crippen MR) is 86.0 cm³/mol. The molecule has 5 nitrogen and oxygen atoms in total. The van der Waals surface area contributed by atoms with E-state index in [1.165, 1.54) is 30.3 Å². The van der Waals surface area contributed by atoms with Crippen LogP contribution in [0.3, 0.4) is 0 Å². The van der Waals surface area contributed by atoms with E-state index in [4.69, 9.17) is 0 Å². The number of sulfone groups is 1. The molecule has 8 heteroatoms. The van der Waals surface area contributed by atoms with Crippen molar-refractivity contribution in [2.45, 2.75) is 12.4 Å². The van der Waals surface area contributed by atoms with E-state index in [-0.39, 0.29) is 11.5 Å². The van der Waals surface area contributed by atoms with Crippen molar-refractivity contribution in [1.29, 1.82) is 0 Å². The van der Waals surface area contributed by atoms with Crippen molar-refractivity contribution in [3.8, 4) is 5.75 Å². The molecular weight excluding hydrogens is 340 g/mol. The number of nitrogens with one attached hydrogen (secondary N) is 1. The maximum atomic E-state index is 12.2. The summed E-state index contributed by atoms with van der Waals surface area (Å²) < 4.78 is 51.0. The van der Waals surface area contributed by atoms with Crippen molar-refractivity contribution < 1.29 is 26.7 Å². The minimum atomic E-state index is -3.20. The Labute approximate surface area is 138 Å². The second-order valence-electron chi connectivity index (χ2n) is 5.13. The monoisotopic (exact) mass is 355 g/mol. The lowest BCUT2D eigenvalue weighted by Crippen LogP contribution is -2.12. The zero-order valence-corrected chi connectivity index (χ0v) is 13.5. The van der Waals surface area contributed by atoms with Gasteiger partial charge < -0.3 is 10.1 Å². The molecule has 0 bridgehead atoms. The quantitative estimate of drug-likeness (QED) is 0.864. The van der Waals surface area contributed by atoms with E-state index in [0.717, 1.165) is 6.26 Å². The van der Waals surface area contributed by atoms with Gasteiger partial charge in [0, 0.05) is 17.5 Å². The fraction of sp³-hybridized carbons (Fsp3) is 0.188. The van der Waals surface area contributed by atoms with E-state index in [0.29, 0.717) is 16.8 Å². The standard InChI is InChI=1S/C16H15F2NO4S/c1-24(21,22)10-11-3-2-4-12(9-11)15(20)19-13-5-7-14(8-6-13)23-16(17)18/h2-9,16H,10H2,1H3,(H,19,20). The lowest BCUT2D eigenvalue weighted by atomic mass is 10.1. The molecule has 0 radical (unpaired) electrons. The second-order valence-corrected chi connectivity index (χ2v) is 7.27. The molecule has 24 heavy (non-hydrogen) atoms. The van der Waals surface area contributed by atoms with E-state index in [9.17, 15) is 22.0 Å². The van der Waals surface area contributed by atoms with Crippen LogP contribution < -0.4 is 10.1 Å². The molecule has 2 aromatic carbocycles. The number of rotatable bonds is 6. The number of ether oxygens (including phenoxy) is 1. The number of halogens is 2. The third-order valence-corrected chi connectivity index (χ3v) is 3.81. The van der Waals surface area contributed by atoms with Gasteiger partial charge in [-0.1, -0.05) is 12.1 Å². The Hall–Kier alpha value is -2.48. The van der Waals surface area contributed by atoms with Crippen LogP contribution in [0.15, 0.2) is 48.5 Å². The predicted octanol–water partition coefficient (Wildman–Crippen LogP) is 3.08. The first-order valence-corrected chi connectivity index (χ1v) is 8.92. The van der Waals surface area contributed by atoms with E-state index < -0.39 is 22.4 Å². The first kappa shape index (κ1) is 17.9. The highest BCUT2D eigenvalue weighted by atomic mass is 32.2. The van der Waals surface area contributed by atoms with Crippen LogP contribution in [0.5, 0.6) is 5.75 Å². The molecule has 0 aliphatic heterocycles. The maximum Gasteiger partial charge on any atom is 0.387 e. The van der Waals surface area contributed by atoms with Crippen molar-refractivity contribution >= 4 is 21.4 Å². The fourth-order valence-electron chi connectivity index (χ4n) is 2.03. The molecular formula is C16H15F2NO4S. The van der Waals surface area contributed by atoms with Crippen LogP contribution >= 0.6 is 0 Å². The highest BCUT2D eigenvalue weighted by molar-refractivity contribution is 7.89. The minimum absolute atomic E-state index is 0.0156. The molecule has 1 amide bonds. The molecule has 2 rings (SSSR count). The fourth-order valence-corrected chi connectivity index (χ4v) is 2.81. The number of hydrogen-bond donors (Lipinski definition) is 1. The zero-order valence-electron chi connectivity index (χ0n) is 12.7. The highest BCUT2D eigenvalue weighted by Crippen LogP contribution is 2.18. The number of carbonyl (C=O) groups is 1. The van der Waals surface area contributed by atoms with E-state index >= 15 is 0 Å². The van der Waals surface area contributed by atoms with Crippen molar-refractivity contribution in [1.82, 2.24) is 0 Å². The van der Waals surface area contributed by atoms with Gasteiger partial charge in [0.05, 0.1) is 5.75 Å². The first-order valence-electron chi connectivity index (χ1n) is 6.86. The van der Waals surface area contributed by atoms with E-state index in [2.05, 4.69) is 10.1 Å². The molecule has 2 aromatic rings. The van der Waals surface area contributed by atoms with Crippen LogP contribution in [0.1, 0.15) is 15.9 Å². The maximum absolute atomic E-state index is 12.2. The highest BCUT2D eigenvalue weighted by Gasteiger charge is 2.10. The van der Waals surface area contributed by atoms with Gasteiger partial charge in [0.2, 0.25) is 0 Å². The Morgan fingerprint density at radius 1 is 1.17 bits per heavy atom. The number of alkyl halides is 2. The summed E-state index contributed by atoms with van der Waals surface area (Å²) in [5, 5.41) is 2.60. The summed E-state index contributed by atoms with van der Waals surface area (Å²) in [6, 6.07) is 11.7. The lowest BCUT2D eigenvalue weighted by molar-refractivity contribution is -0.0498. The molecule has 0 aromatic heterocycles. The molecule has 1 N–H and O–H groups in total. The topological polar surface area (TPSA) is 72.5 Å². The Balaban J connectivity index is 2.08. The van der Waals surface area contributed by atoms with Crippen LogP contribution in [0, 0.1) is 0 Å². The third-order valence-electron chi connectivity index (χ3n) is 2.96. The molecule has 0 saturated heterocycles. The largest absolute Gasteiger partial charge is 0.435 e. The molecule has 0 saturated carbocycles. The molecule has 0 heterocycles. The number of hydrogen-bond acceptors (Lipinski definition) is 4. The Kier molecular flexibility index (Phi) is 5.50. The number of anilines is 1. The third kappa shape index (κ3) is 5.62. The number of benzene rings is 2. The molecule has 128 valence electrons. The summed E-state index contributed by atoms with van der Waals surface area (Å²) in [6.45, 7) is -2.91. The SMILES string of the molecule is CS(=O)(=O)Cc1cccc(C(=O)Nc2ccc(OC(F)F)cc2)c1. The van der Waals surface area contributed by atoms with Crippen molar-refractivity contribution in [2.75, 3.05) is 11.6 Å². The summed E-state index contributed by atoms with van der Waals surface area (Å²) in [7, 11) is -3.20. The van der Waals surface area contributed by atoms with Crippen LogP contribution in [-0.2, 0) is 15.6 Å². The van der Waals surface area contributed by atoms with Gasteiger partial charge >= 0.3 is 6.61 Å². The Morgan fingerprint density at radius 2 is 1.83 bits per heavy atom. The molecule has 0 aliphatic carbocycles. The van der Waals surface area contributed by atoms with E-state index in [1.807, 2.05) is 0 Å². The zero-order chi connectivity index (χ0) is 17.7. The van der Waals surface area contributed by atoms with Crippen molar-refractivity contribution in [3.05, 3.63) is 59.7 Å². The molecule has 0 aliphatic rings. The summed E-state index contributed by atoms with van der Waals surface area (Å²) in [5.41, 5.74) is 1.20. The van der Waals surface area contributed by atoms with Crippen molar-refractivity contribution in [2.24, 2.45) is 0 Å². The molecule has 0 fully saturated rings. The Morgan fingerprint density at radius 3 is 2.42 bits per heavy atom. The van der Waals surface area contributed by atoms with Crippen LogP contribution in [-0.4, -0.2) is 27.2 Å². The van der Waals surface area contributed by atoms with Gasteiger partial charge in [-0.2, -0.15) is 8.78 Å². The Bertz CT molecular complexity index is 820. The second kappa shape index (κ2) is 7.39. The summed E-state index contributed by atoms with van der Waals surface area (Å²) in [5.74, 6) is -0.612. The molecule has 0 unspecified atom stereocenters. The normalized spacial score (nSPS) is 11.3. The summed E-state index contributed by atoms with van der Waals surface area (Å²) >= 11 is 0. The number of carbonyl (C=O) groups excluding carboxylic acids is 1. The summed E-state index contributed by atoms with van der Waals surface area (Å²) in [4.78, 5) is 12.2. The van der Waals surface area contributed by atoms with Gasteiger partial charge in [-0.05, 0) is 42.0 Å². The van der Waals surface area contributed by atoms with Gasteiger partial charge in [0.25, 0.3) is 5.91 Å². The van der Waals surface area contributed by atoms with E-state index in [1.54, 1.807) is 18.2 Å². The smallest absolute Gasteiger partial charge is 0.387 e. The van der Waals surface area contributed by atoms with Gasteiger partial charge in [-0.25, -0.2) is 8.42 Å². The van der Waals surface area contributed by atoms with Crippen molar-refractivity contribution in [3.63, 3.8) is 0 Å². The van der Waals surface area contributed by atoms with Crippen LogP contribution in [0.25, 0.3) is 0 Å². The van der Waals surface area contributed by atoms with Gasteiger partial charge in [-0.3, -0.25) is 4.79 Å². The molecule has 0 spiro atoms. The first-order chi connectivity index (χ1) is 11.2. The van der Waals surface area contributed by atoms with Crippen LogP contribution in [0.2, 0.25) is 0 Å². The number of amides is 1. The average molecular weight is 355 g/mol. The molecule has 0 atom stereocenters. The minimum Gasteiger partial charge on any atom is -0.435 e. The van der Waals surface area contributed by atoms with Gasteiger partial charge in [-0.15, -0.1) is 0 Å². The van der Waals surface area contributed by atoms with Gasteiger partial charge in [0.1, 0.15) is 5.75 Å². The average Bonchev–Trinajstić information content (AvgIpc) is 2.47.